The molecule has 3 N–H and O–H groups in total. The lowest BCUT2D eigenvalue weighted by Gasteiger charge is -2.29. The first-order chi connectivity index (χ1) is 15.6. The van der Waals surface area contributed by atoms with Crippen molar-refractivity contribution >= 4 is 34.6 Å². The van der Waals surface area contributed by atoms with Crippen molar-refractivity contribution in [2.75, 3.05) is 5.75 Å². The van der Waals surface area contributed by atoms with Crippen LogP contribution in [-0.2, 0) is 4.79 Å². The van der Waals surface area contributed by atoms with Gasteiger partial charge in [0.25, 0.3) is 0 Å². The minimum Gasteiger partial charge on any atom is -0.360 e. The first-order valence-corrected chi connectivity index (χ1v) is 12.3. The Labute approximate surface area is 190 Å². The second-order valence-electron chi connectivity index (χ2n) is 8.83. The highest BCUT2D eigenvalue weighted by atomic mass is 32.2. The number of fused-ring (bicyclic) bond motifs is 1. The van der Waals surface area contributed by atoms with Crippen LogP contribution in [0.4, 0.5) is 4.79 Å². The summed E-state index contributed by atoms with van der Waals surface area (Å²) in [7, 11) is 0. The minimum absolute atomic E-state index is 0.117. The Morgan fingerprint density at radius 3 is 2.78 bits per heavy atom. The van der Waals surface area contributed by atoms with Crippen LogP contribution in [0, 0.1) is 5.92 Å². The van der Waals surface area contributed by atoms with E-state index in [-0.39, 0.29) is 17.7 Å². The number of aromatic amines is 1. The molecule has 2 saturated carbocycles. The quantitative estimate of drug-likeness (QED) is 0.485. The number of hydrogen-bond acceptors (Lipinski definition) is 5. The van der Waals surface area contributed by atoms with Crippen LogP contribution in [0.15, 0.2) is 35.6 Å². The van der Waals surface area contributed by atoms with Gasteiger partial charge in [-0.05, 0) is 37.7 Å². The minimum atomic E-state index is -0.405. The molecule has 2 aliphatic rings. The number of nitrogens with one attached hydrogen (secondary N) is 3. The van der Waals surface area contributed by atoms with Gasteiger partial charge < -0.3 is 10.3 Å². The van der Waals surface area contributed by atoms with Gasteiger partial charge in [0, 0.05) is 34.7 Å². The Morgan fingerprint density at radius 2 is 1.97 bits per heavy atom. The standard InChI is InChI=1S/C23H28N6O2S/c1-14-6-2-4-8-18(14)25-22(31)26-20(30)13-32-23-28-27-21(29(23)15-10-11-15)17-12-24-19-9-5-3-7-16(17)19/h3,5,7,9,12,14-15,18,24H,2,4,6,8,10-11,13H2,1H3,(H2,25,26,30,31). The molecule has 168 valence electrons. The predicted molar refractivity (Wildman–Crippen MR) is 124 cm³/mol. The van der Waals surface area contributed by atoms with Crippen molar-refractivity contribution in [3.05, 3.63) is 30.5 Å². The maximum atomic E-state index is 12.4. The molecule has 0 saturated heterocycles. The number of para-hydroxylation sites is 1. The predicted octanol–water partition coefficient (Wildman–Crippen LogP) is 4.26. The van der Waals surface area contributed by atoms with Gasteiger partial charge in [-0.2, -0.15) is 0 Å². The molecule has 3 aromatic rings. The number of H-pyrrole nitrogens is 1. The van der Waals surface area contributed by atoms with Crippen molar-refractivity contribution < 1.29 is 9.59 Å². The largest absolute Gasteiger partial charge is 0.360 e. The number of urea groups is 1. The Hall–Kier alpha value is -2.81. The topological polar surface area (TPSA) is 105 Å². The number of nitrogens with zero attached hydrogens (tertiary/aromatic N) is 3. The van der Waals surface area contributed by atoms with E-state index in [0.29, 0.717) is 17.1 Å². The average molecular weight is 453 g/mol. The molecule has 2 fully saturated rings. The molecule has 5 rings (SSSR count). The van der Waals surface area contributed by atoms with E-state index in [0.717, 1.165) is 54.4 Å². The molecular weight excluding hydrogens is 424 g/mol. The lowest BCUT2D eigenvalue weighted by atomic mass is 9.86. The summed E-state index contributed by atoms with van der Waals surface area (Å²) >= 11 is 1.32. The summed E-state index contributed by atoms with van der Waals surface area (Å²) in [6.45, 7) is 2.15. The molecule has 0 aliphatic heterocycles. The van der Waals surface area contributed by atoms with E-state index in [1.165, 1.54) is 18.2 Å². The highest BCUT2D eigenvalue weighted by molar-refractivity contribution is 7.99. The third-order valence-electron chi connectivity index (χ3n) is 6.42. The molecule has 0 radical (unpaired) electrons. The fraction of sp³-hybridized carbons (Fsp3) is 0.478. The highest BCUT2D eigenvalue weighted by Crippen LogP contribution is 2.42. The molecule has 1 aromatic carbocycles. The van der Waals surface area contributed by atoms with Crippen molar-refractivity contribution in [3.63, 3.8) is 0 Å². The van der Waals surface area contributed by atoms with E-state index >= 15 is 0 Å². The summed E-state index contributed by atoms with van der Waals surface area (Å²) in [5.74, 6) is 1.05. The van der Waals surface area contributed by atoms with Gasteiger partial charge in [0.15, 0.2) is 11.0 Å². The number of carbonyl (C=O) groups excluding carboxylic acids is 2. The summed E-state index contributed by atoms with van der Waals surface area (Å²) < 4.78 is 2.14. The zero-order chi connectivity index (χ0) is 22.1. The SMILES string of the molecule is CC1CCCCC1NC(=O)NC(=O)CSc1nnc(-c2c[nH]c3ccccc23)n1C1CC1. The van der Waals surface area contributed by atoms with Crippen LogP contribution >= 0.6 is 11.8 Å². The van der Waals surface area contributed by atoms with Gasteiger partial charge >= 0.3 is 6.03 Å². The Bertz CT molecular complexity index is 1130. The average Bonchev–Trinajstić information content (AvgIpc) is 3.39. The summed E-state index contributed by atoms with van der Waals surface area (Å²) in [5, 5.41) is 16.1. The summed E-state index contributed by atoms with van der Waals surface area (Å²) in [6.07, 6.45) is 8.53. The van der Waals surface area contributed by atoms with Crippen molar-refractivity contribution in [1.29, 1.82) is 0 Å². The number of hydrogen-bond donors (Lipinski definition) is 3. The van der Waals surface area contributed by atoms with Gasteiger partial charge in [0.05, 0.1) is 5.75 Å². The number of benzene rings is 1. The number of thioether (sulfide) groups is 1. The van der Waals surface area contributed by atoms with Crippen LogP contribution in [0.3, 0.4) is 0 Å². The van der Waals surface area contributed by atoms with Crippen LogP contribution in [-0.4, -0.2) is 43.5 Å². The fourth-order valence-corrected chi connectivity index (χ4v) is 5.31. The van der Waals surface area contributed by atoms with E-state index in [1.807, 2.05) is 24.4 Å². The zero-order valence-corrected chi connectivity index (χ0v) is 19.0. The maximum Gasteiger partial charge on any atom is 0.321 e. The molecule has 2 heterocycles. The first kappa shape index (κ1) is 21.1. The number of aromatic nitrogens is 4. The Balaban J connectivity index is 1.24. The van der Waals surface area contributed by atoms with Crippen molar-refractivity contribution in [2.45, 2.75) is 62.7 Å². The summed E-state index contributed by atoms with van der Waals surface area (Å²) in [5.41, 5.74) is 2.07. The Morgan fingerprint density at radius 1 is 1.16 bits per heavy atom. The third kappa shape index (κ3) is 4.39. The Kier molecular flexibility index (Phi) is 5.91. The van der Waals surface area contributed by atoms with Crippen LogP contribution in [0.2, 0.25) is 0 Å². The van der Waals surface area contributed by atoms with Gasteiger partial charge in [-0.15, -0.1) is 10.2 Å². The van der Waals surface area contributed by atoms with Crippen molar-refractivity contribution in [2.24, 2.45) is 5.92 Å². The van der Waals surface area contributed by atoms with Crippen molar-refractivity contribution in [1.82, 2.24) is 30.4 Å². The van der Waals surface area contributed by atoms with Crippen LogP contribution in [0.1, 0.15) is 51.5 Å². The molecule has 8 nitrogen and oxygen atoms in total. The molecule has 3 amide bonds. The number of carbonyl (C=O) groups is 2. The lowest BCUT2D eigenvalue weighted by molar-refractivity contribution is -0.117. The van der Waals surface area contributed by atoms with Gasteiger partial charge in [-0.3, -0.25) is 14.7 Å². The molecule has 2 atom stereocenters. The summed E-state index contributed by atoms with van der Waals surface area (Å²) in [6, 6.07) is 8.21. The molecule has 0 bridgehead atoms. The molecule has 32 heavy (non-hydrogen) atoms. The molecule has 2 aliphatic carbocycles. The lowest BCUT2D eigenvalue weighted by Crippen LogP contribution is -2.48. The molecule has 2 unspecified atom stereocenters. The molecule has 2 aromatic heterocycles. The zero-order valence-electron chi connectivity index (χ0n) is 18.1. The number of rotatable bonds is 6. The monoisotopic (exact) mass is 452 g/mol. The van der Waals surface area contributed by atoms with Gasteiger partial charge in [0.1, 0.15) is 0 Å². The van der Waals surface area contributed by atoms with Gasteiger partial charge in [-0.1, -0.05) is 49.7 Å². The second-order valence-corrected chi connectivity index (χ2v) is 9.78. The second kappa shape index (κ2) is 8.97. The van der Waals surface area contributed by atoms with Crippen LogP contribution in [0.5, 0.6) is 0 Å². The fourth-order valence-electron chi connectivity index (χ4n) is 4.51. The van der Waals surface area contributed by atoms with E-state index in [9.17, 15) is 9.59 Å². The summed E-state index contributed by atoms with van der Waals surface area (Å²) in [4.78, 5) is 28.0. The molecular formula is C23H28N6O2S. The van der Waals surface area contributed by atoms with Gasteiger partial charge in [-0.25, -0.2) is 4.79 Å². The highest BCUT2D eigenvalue weighted by Gasteiger charge is 2.31. The molecule has 0 spiro atoms. The van der Waals surface area contributed by atoms with E-state index in [4.69, 9.17) is 0 Å². The smallest absolute Gasteiger partial charge is 0.321 e. The van der Waals surface area contributed by atoms with Crippen LogP contribution < -0.4 is 10.6 Å². The van der Waals surface area contributed by atoms with E-state index < -0.39 is 6.03 Å². The van der Waals surface area contributed by atoms with Crippen LogP contribution in [0.25, 0.3) is 22.3 Å². The molecule has 9 heteroatoms. The van der Waals surface area contributed by atoms with E-state index in [2.05, 4.69) is 43.4 Å². The number of amides is 3. The number of imide groups is 1. The first-order valence-electron chi connectivity index (χ1n) is 11.3. The normalized spacial score (nSPS) is 20.9. The van der Waals surface area contributed by atoms with Crippen molar-refractivity contribution in [3.8, 4) is 11.4 Å². The van der Waals surface area contributed by atoms with Gasteiger partial charge in [0.2, 0.25) is 5.91 Å². The van der Waals surface area contributed by atoms with E-state index in [1.54, 1.807) is 0 Å². The maximum absolute atomic E-state index is 12.4. The third-order valence-corrected chi connectivity index (χ3v) is 7.36.